The second kappa shape index (κ2) is 16.9. The van der Waals surface area contributed by atoms with E-state index in [1.807, 2.05) is 93.6 Å². The van der Waals surface area contributed by atoms with Crippen LogP contribution in [-0.2, 0) is 36.6 Å². The number of methoxy groups -OCH3 is 1. The van der Waals surface area contributed by atoms with Gasteiger partial charge in [0.15, 0.2) is 6.29 Å². The van der Waals surface area contributed by atoms with Crippen LogP contribution in [-0.4, -0.2) is 85.1 Å². The van der Waals surface area contributed by atoms with Gasteiger partial charge in [0.25, 0.3) is 0 Å². The van der Waals surface area contributed by atoms with Gasteiger partial charge in [-0.15, -0.1) is 0 Å². The zero-order valence-corrected chi connectivity index (χ0v) is 29.0. The van der Waals surface area contributed by atoms with Gasteiger partial charge in [0.2, 0.25) is 5.91 Å². The van der Waals surface area contributed by atoms with E-state index in [2.05, 4.69) is 20.9 Å². The maximum absolute atomic E-state index is 13.8. The SMILES string of the molecule is COC(=O)N[C@H](C(=O)N[C@H](Cc1ccc(-c2ccccn2)cc1)C[C@H](O)[C@H](Cc1ccccc1)NC(=O)O[C@H]1CO[C@H]2OCC[C@H]21)C(C)(C)C. The molecule has 0 aliphatic carbocycles. The molecule has 5 rings (SSSR count). The van der Waals surface area contributed by atoms with Crippen LogP contribution in [0.2, 0.25) is 0 Å². The Morgan fingerprint density at radius 2 is 1.62 bits per heavy atom. The topological polar surface area (TPSA) is 157 Å². The summed E-state index contributed by atoms with van der Waals surface area (Å²) in [5, 5.41) is 20.4. The van der Waals surface area contributed by atoms with E-state index in [1.54, 1.807) is 6.20 Å². The first-order chi connectivity index (χ1) is 24.0. The van der Waals surface area contributed by atoms with E-state index in [4.69, 9.17) is 18.9 Å². The number of nitrogens with one attached hydrogen (secondary N) is 3. The number of nitrogens with zero attached hydrogens (tertiary/aromatic N) is 1. The van der Waals surface area contributed by atoms with Crippen molar-refractivity contribution < 1.29 is 38.4 Å². The lowest BCUT2D eigenvalue weighted by Gasteiger charge is -2.33. The number of carbonyl (C=O) groups excluding carboxylic acids is 3. The number of aliphatic hydroxyl groups is 1. The summed E-state index contributed by atoms with van der Waals surface area (Å²) in [6, 6.07) is 20.8. The van der Waals surface area contributed by atoms with Crippen LogP contribution >= 0.6 is 0 Å². The molecule has 0 spiro atoms. The molecule has 0 saturated carbocycles. The van der Waals surface area contributed by atoms with Crippen LogP contribution in [0.4, 0.5) is 9.59 Å². The summed E-state index contributed by atoms with van der Waals surface area (Å²) in [5.41, 5.74) is 2.95. The Bertz CT molecular complexity index is 1550. The van der Waals surface area contributed by atoms with E-state index in [9.17, 15) is 19.5 Å². The molecule has 0 unspecified atom stereocenters. The number of benzene rings is 2. The third-order valence-electron chi connectivity index (χ3n) is 9.15. The van der Waals surface area contributed by atoms with Crippen molar-refractivity contribution in [1.29, 1.82) is 0 Å². The monoisotopic (exact) mass is 688 g/mol. The average Bonchev–Trinajstić information content (AvgIpc) is 3.72. The van der Waals surface area contributed by atoms with Crippen molar-refractivity contribution in [3.8, 4) is 11.3 Å². The van der Waals surface area contributed by atoms with Gasteiger partial charge in [-0.1, -0.05) is 81.4 Å². The van der Waals surface area contributed by atoms with Gasteiger partial charge >= 0.3 is 12.2 Å². The molecule has 12 heteroatoms. The highest BCUT2D eigenvalue weighted by molar-refractivity contribution is 5.86. The molecule has 2 aliphatic heterocycles. The molecule has 3 heterocycles. The van der Waals surface area contributed by atoms with Crippen LogP contribution in [0.25, 0.3) is 11.3 Å². The highest BCUT2D eigenvalue weighted by Crippen LogP contribution is 2.33. The van der Waals surface area contributed by atoms with Crippen LogP contribution in [0.1, 0.15) is 44.7 Å². The standard InChI is InChI=1S/C38H48N4O8/c1-38(2,3)33(42-36(45)47-4)34(44)40-27(20-25-13-15-26(16-14-25)29-12-8-9-18-39-29)22-31(43)30(21-24-10-6-5-7-11-24)41-37(46)50-32-23-49-35-28(32)17-19-48-35/h5-16,18,27-28,30-33,35,43H,17,19-23H2,1-4H3,(H,40,44)(H,41,46)(H,42,45)/t27-,28+,30+,31+,32+,33-,35-/m1/s1. The minimum absolute atomic E-state index is 0.0312. The maximum Gasteiger partial charge on any atom is 0.407 e. The Balaban J connectivity index is 1.35. The first-order valence-corrected chi connectivity index (χ1v) is 17.1. The fourth-order valence-corrected chi connectivity index (χ4v) is 6.44. The van der Waals surface area contributed by atoms with E-state index in [0.717, 1.165) is 28.8 Å². The molecule has 50 heavy (non-hydrogen) atoms. The Labute approximate surface area is 293 Å². The van der Waals surface area contributed by atoms with Gasteiger partial charge in [-0.3, -0.25) is 9.78 Å². The lowest BCUT2D eigenvalue weighted by atomic mass is 9.85. The molecule has 0 bridgehead atoms. The number of amides is 3. The van der Waals surface area contributed by atoms with Gasteiger partial charge in [0.1, 0.15) is 12.1 Å². The molecule has 3 aromatic rings. The third-order valence-corrected chi connectivity index (χ3v) is 9.15. The van der Waals surface area contributed by atoms with Crippen molar-refractivity contribution in [1.82, 2.24) is 20.9 Å². The van der Waals surface area contributed by atoms with Crippen molar-refractivity contribution in [2.45, 2.75) is 83.1 Å². The van der Waals surface area contributed by atoms with Crippen LogP contribution in [0, 0.1) is 11.3 Å². The molecule has 2 fully saturated rings. The highest BCUT2D eigenvalue weighted by Gasteiger charge is 2.44. The summed E-state index contributed by atoms with van der Waals surface area (Å²) in [6.45, 7) is 6.32. The first kappa shape index (κ1) is 36.8. The van der Waals surface area contributed by atoms with Crippen LogP contribution < -0.4 is 16.0 Å². The van der Waals surface area contributed by atoms with Crippen molar-refractivity contribution >= 4 is 18.1 Å². The zero-order valence-electron chi connectivity index (χ0n) is 29.0. The summed E-state index contributed by atoms with van der Waals surface area (Å²) in [4.78, 5) is 43.7. The van der Waals surface area contributed by atoms with E-state index >= 15 is 0 Å². The van der Waals surface area contributed by atoms with Crippen LogP contribution in [0.15, 0.2) is 79.0 Å². The molecule has 1 aromatic heterocycles. The van der Waals surface area contributed by atoms with Gasteiger partial charge in [0, 0.05) is 17.8 Å². The number of fused-ring (bicyclic) bond motifs is 1. The number of carbonyl (C=O) groups is 3. The number of pyridine rings is 1. The summed E-state index contributed by atoms with van der Waals surface area (Å²) in [6.07, 6.45) is -0.0446. The zero-order chi connectivity index (χ0) is 35.7. The minimum atomic E-state index is -1.09. The summed E-state index contributed by atoms with van der Waals surface area (Å²) in [7, 11) is 1.24. The summed E-state index contributed by atoms with van der Waals surface area (Å²) in [5.74, 6) is -0.456. The molecular weight excluding hydrogens is 640 g/mol. The van der Waals surface area contributed by atoms with Crippen molar-refractivity contribution in [2.24, 2.45) is 11.3 Å². The number of alkyl carbamates (subject to hydrolysis) is 2. The number of hydrogen-bond acceptors (Lipinski definition) is 9. The maximum atomic E-state index is 13.8. The largest absolute Gasteiger partial charge is 0.453 e. The number of ether oxygens (including phenoxy) is 4. The highest BCUT2D eigenvalue weighted by atomic mass is 16.7. The van der Waals surface area contributed by atoms with Crippen LogP contribution in [0.3, 0.4) is 0 Å². The smallest absolute Gasteiger partial charge is 0.407 e. The third kappa shape index (κ3) is 10.0. The number of rotatable bonds is 13. The van der Waals surface area contributed by atoms with Gasteiger partial charge < -0.3 is 40.0 Å². The average molecular weight is 689 g/mol. The van der Waals surface area contributed by atoms with E-state index in [0.29, 0.717) is 19.4 Å². The Morgan fingerprint density at radius 1 is 0.900 bits per heavy atom. The normalized spacial score (nSPS) is 20.9. The second-order valence-electron chi connectivity index (χ2n) is 14.0. The molecule has 2 aliphatic rings. The second-order valence-corrected chi connectivity index (χ2v) is 14.0. The molecule has 2 saturated heterocycles. The van der Waals surface area contributed by atoms with E-state index < -0.39 is 53.8 Å². The number of aliphatic hydroxyl groups excluding tert-OH is 1. The minimum Gasteiger partial charge on any atom is -0.453 e. The molecule has 7 atom stereocenters. The molecule has 4 N–H and O–H groups in total. The predicted molar refractivity (Wildman–Crippen MR) is 186 cm³/mol. The fraction of sp³-hybridized carbons (Fsp3) is 0.474. The lowest BCUT2D eigenvalue weighted by Crippen LogP contribution is -2.56. The quantitative estimate of drug-likeness (QED) is 0.204. The van der Waals surface area contributed by atoms with Crippen LogP contribution in [0.5, 0.6) is 0 Å². The number of aromatic nitrogens is 1. The Morgan fingerprint density at radius 3 is 2.30 bits per heavy atom. The van der Waals surface area contributed by atoms with Gasteiger partial charge in [-0.25, -0.2) is 9.59 Å². The molecule has 12 nitrogen and oxygen atoms in total. The van der Waals surface area contributed by atoms with Crippen molar-refractivity contribution in [3.63, 3.8) is 0 Å². The molecule has 3 amide bonds. The summed E-state index contributed by atoms with van der Waals surface area (Å²) < 4.78 is 21.8. The Hall–Kier alpha value is -4.52. The van der Waals surface area contributed by atoms with Gasteiger partial charge in [-0.2, -0.15) is 0 Å². The Kier molecular flexibility index (Phi) is 12.4. The molecule has 268 valence electrons. The molecular formula is C38H48N4O8. The van der Waals surface area contributed by atoms with Crippen molar-refractivity contribution in [3.05, 3.63) is 90.1 Å². The van der Waals surface area contributed by atoms with Gasteiger partial charge in [-0.05, 0) is 54.4 Å². The lowest BCUT2D eigenvalue weighted by molar-refractivity contribution is -0.126. The van der Waals surface area contributed by atoms with E-state index in [1.165, 1.54) is 7.11 Å². The van der Waals surface area contributed by atoms with Crippen molar-refractivity contribution in [2.75, 3.05) is 20.3 Å². The number of hydrogen-bond donors (Lipinski definition) is 4. The summed E-state index contributed by atoms with van der Waals surface area (Å²) >= 11 is 0. The van der Waals surface area contributed by atoms with E-state index in [-0.39, 0.29) is 25.2 Å². The molecule has 2 aromatic carbocycles. The fourth-order valence-electron chi connectivity index (χ4n) is 6.44. The van der Waals surface area contributed by atoms with Gasteiger partial charge in [0.05, 0.1) is 44.1 Å². The first-order valence-electron chi connectivity index (χ1n) is 17.1. The predicted octanol–water partition coefficient (Wildman–Crippen LogP) is 4.40. The molecule has 0 radical (unpaired) electrons.